The van der Waals surface area contributed by atoms with Crippen LogP contribution in [0.4, 0.5) is 5.69 Å². The number of nitrogens with one attached hydrogen (secondary N) is 1. The fraction of sp³-hybridized carbons (Fsp3) is 0.250. The second kappa shape index (κ2) is 6.26. The standard InChI is InChI=1S/C16H17NO4/c1-3-4-15(18)17-11-5-6-12(10(2)9-11)13-7-8-14(21-13)16(19)20/h5-9H,3-4H2,1-2H3,(H,17,18)(H,19,20). The van der Waals surface area contributed by atoms with Gasteiger partial charge in [0.1, 0.15) is 5.76 Å². The molecule has 5 nitrogen and oxygen atoms in total. The molecule has 0 radical (unpaired) electrons. The van der Waals surface area contributed by atoms with Gasteiger partial charge in [0, 0.05) is 17.7 Å². The molecule has 0 aliphatic carbocycles. The third-order valence-electron chi connectivity index (χ3n) is 3.07. The van der Waals surface area contributed by atoms with Crippen LogP contribution >= 0.6 is 0 Å². The highest BCUT2D eigenvalue weighted by Crippen LogP contribution is 2.27. The van der Waals surface area contributed by atoms with E-state index in [1.54, 1.807) is 18.2 Å². The first-order valence-electron chi connectivity index (χ1n) is 6.75. The summed E-state index contributed by atoms with van der Waals surface area (Å²) in [4.78, 5) is 22.4. The summed E-state index contributed by atoms with van der Waals surface area (Å²) < 4.78 is 5.28. The highest BCUT2D eigenvalue weighted by molar-refractivity contribution is 5.91. The Morgan fingerprint density at radius 2 is 2.00 bits per heavy atom. The van der Waals surface area contributed by atoms with Gasteiger partial charge in [0.25, 0.3) is 0 Å². The summed E-state index contributed by atoms with van der Waals surface area (Å²) in [6, 6.07) is 8.47. The van der Waals surface area contributed by atoms with Gasteiger partial charge in [-0.2, -0.15) is 0 Å². The van der Waals surface area contributed by atoms with Crippen LogP contribution in [0.5, 0.6) is 0 Å². The second-order valence-corrected chi connectivity index (χ2v) is 4.80. The van der Waals surface area contributed by atoms with Gasteiger partial charge in [0.15, 0.2) is 0 Å². The molecule has 0 fully saturated rings. The van der Waals surface area contributed by atoms with Crippen LogP contribution in [0, 0.1) is 6.92 Å². The van der Waals surface area contributed by atoms with Crippen molar-refractivity contribution in [1.82, 2.24) is 0 Å². The Morgan fingerprint density at radius 3 is 2.57 bits per heavy atom. The predicted octanol–water partition coefficient (Wildman–Crippen LogP) is 3.69. The fourth-order valence-electron chi connectivity index (χ4n) is 2.07. The molecule has 0 unspecified atom stereocenters. The van der Waals surface area contributed by atoms with E-state index in [1.165, 1.54) is 6.07 Å². The highest BCUT2D eigenvalue weighted by atomic mass is 16.4. The lowest BCUT2D eigenvalue weighted by molar-refractivity contribution is -0.116. The van der Waals surface area contributed by atoms with E-state index in [0.717, 1.165) is 23.2 Å². The fourth-order valence-corrected chi connectivity index (χ4v) is 2.07. The van der Waals surface area contributed by atoms with Crippen molar-refractivity contribution >= 4 is 17.6 Å². The van der Waals surface area contributed by atoms with Gasteiger partial charge in [-0.1, -0.05) is 6.92 Å². The quantitative estimate of drug-likeness (QED) is 0.878. The lowest BCUT2D eigenvalue weighted by Crippen LogP contribution is -2.10. The monoisotopic (exact) mass is 287 g/mol. The number of carboxylic acids is 1. The van der Waals surface area contributed by atoms with Crippen LogP contribution in [0.3, 0.4) is 0 Å². The zero-order chi connectivity index (χ0) is 15.4. The van der Waals surface area contributed by atoms with Crippen LogP contribution in [-0.2, 0) is 4.79 Å². The van der Waals surface area contributed by atoms with E-state index >= 15 is 0 Å². The van der Waals surface area contributed by atoms with Crippen molar-refractivity contribution in [2.45, 2.75) is 26.7 Å². The van der Waals surface area contributed by atoms with E-state index in [-0.39, 0.29) is 11.7 Å². The smallest absolute Gasteiger partial charge is 0.371 e. The lowest BCUT2D eigenvalue weighted by Gasteiger charge is -2.08. The minimum absolute atomic E-state index is 0.0178. The number of furan rings is 1. The number of rotatable bonds is 5. The number of carboxylic acid groups (broad SMARTS) is 1. The molecular weight excluding hydrogens is 270 g/mol. The van der Waals surface area contributed by atoms with E-state index in [1.807, 2.05) is 19.9 Å². The van der Waals surface area contributed by atoms with Crippen LogP contribution in [-0.4, -0.2) is 17.0 Å². The molecule has 110 valence electrons. The molecule has 1 aromatic carbocycles. The summed E-state index contributed by atoms with van der Waals surface area (Å²) in [5.74, 6) is -0.709. The first-order valence-corrected chi connectivity index (χ1v) is 6.75. The predicted molar refractivity (Wildman–Crippen MR) is 79.4 cm³/mol. The normalized spacial score (nSPS) is 10.4. The summed E-state index contributed by atoms with van der Waals surface area (Å²) >= 11 is 0. The molecule has 0 spiro atoms. The van der Waals surface area contributed by atoms with Crippen molar-refractivity contribution in [3.8, 4) is 11.3 Å². The third-order valence-corrected chi connectivity index (χ3v) is 3.07. The molecule has 2 rings (SSSR count). The molecule has 1 heterocycles. The number of aryl methyl sites for hydroxylation is 1. The Kier molecular flexibility index (Phi) is 4.42. The number of hydrogen-bond donors (Lipinski definition) is 2. The van der Waals surface area contributed by atoms with Crippen molar-refractivity contribution in [3.05, 3.63) is 41.7 Å². The number of carbonyl (C=O) groups excluding carboxylic acids is 1. The van der Waals surface area contributed by atoms with Crippen molar-refractivity contribution in [1.29, 1.82) is 0 Å². The van der Waals surface area contributed by atoms with Crippen LogP contribution in [0.25, 0.3) is 11.3 Å². The zero-order valence-electron chi connectivity index (χ0n) is 12.0. The molecular formula is C16H17NO4. The van der Waals surface area contributed by atoms with Crippen molar-refractivity contribution in [2.24, 2.45) is 0 Å². The van der Waals surface area contributed by atoms with E-state index in [9.17, 15) is 9.59 Å². The third kappa shape index (κ3) is 3.51. The van der Waals surface area contributed by atoms with E-state index in [2.05, 4.69) is 5.32 Å². The first kappa shape index (κ1) is 14.8. The number of amides is 1. The molecule has 0 saturated heterocycles. The summed E-state index contributed by atoms with van der Waals surface area (Å²) in [5.41, 5.74) is 2.42. The molecule has 0 aliphatic heterocycles. The molecule has 0 aliphatic rings. The first-order chi connectivity index (χ1) is 10.0. The Morgan fingerprint density at radius 1 is 1.24 bits per heavy atom. The van der Waals surface area contributed by atoms with Crippen molar-refractivity contribution in [3.63, 3.8) is 0 Å². The van der Waals surface area contributed by atoms with Gasteiger partial charge in [-0.05, 0) is 49.2 Å². The molecule has 5 heteroatoms. The minimum atomic E-state index is -1.10. The Labute approximate surface area is 122 Å². The number of benzene rings is 1. The van der Waals surface area contributed by atoms with Crippen LogP contribution in [0.15, 0.2) is 34.7 Å². The molecule has 0 saturated carbocycles. The number of hydrogen-bond acceptors (Lipinski definition) is 3. The van der Waals surface area contributed by atoms with Gasteiger partial charge >= 0.3 is 5.97 Å². The molecule has 1 aromatic heterocycles. The maximum absolute atomic E-state index is 11.6. The van der Waals surface area contributed by atoms with Crippen LogP contribution in [0.1, 0.15) is 35.9 Å². The van der Waals surface area contributed by atoms with Crippen LogP contribution < -0.4 is 5.32 Å². The molecule has 0 atom stereocenters. The van der Waals surface area contributed by atoms with Gasteiger partial charge in [0.2, 0.25) is 11.7 Å². The van der Waals surface area contributed by atoms with Gasteiger partial charge in [-0.15, -0.1) is 0 Å². The highest BCUT2D eigenvalue weighted by Gasteiger charge is 2.12. The summed E-state index contributed by atoms with van der Waals surface area (Å²) in [6.45, 7) is 3.83. The van der Waals surface area contributed by atoms with E-state index < -0.39 is 5.97 Å². The summed E-state index contributed by atoms with van der Waals surface area (Å²) in [6.07, 6.45) is 1.29. The Hall–Kier alpha value is -2.56. The van der Waals surface area contributed by atoms with Crippen molar-refractivity contribution in [2.75, 3.05) is 5.32 Å². The maximum Gasteiger partial charge on any atom is 0.371 e. The summed E-state index contributed by atoms with van der Waals surface area (Å²) in [7, 11) is 0. The molecule has 21 heavy (non-hydrogen) atoms. The molecule has 1 amide bonds. The minimum Gasteiger partial charge on any atom is -0.475 e. The van der Waals surface area contributed by atoms with E-state index in [0.29, 0.717) is 12.2 Å². The van der Waals surface area contributed by atoms with Gasteiger partial charge in [-0.3, -0.25) is 4.79 Å². The van der Waals surface area contributed by atoms with E-state index in [4.69, 9.17) is 9.52 Å². The SMILES string of the molecule is CCCC(=O)Nc1ccc(-c2ccc(C(=O)O)o2)c(C)c1. The second-order valence-electron chi connectivity index (χ2n) is 4.80. The largest absolute Gasteiger partial charge is 0.475 e. The molecule has 2 aromatic rings. The Balaban J connectivity index is 2.22. The van der Waals surface area contributed by atoms with Crippen molar-refractivity contribution < 1.29 is 19.1 Å². The topological polar surface area (TPSA) is 79.5 Å². The zero-order valence-corrected chi connectivity index (χ0v) is 12.0. The van der Waals surface area contributed by atoms with Gasteiger partial charge in [-0.25, -0.2) is 4.79 Å². The Bertz CT molecular complexity index is 673. The average Bonchev–Trinajstić information content (AvgIpc) is 2.88. The number of anilines is 1. The molecule has 2 N–H and O–H groups in total. The van der Waals surface area contributed by atoms with Crippen LogP contribution in [0.2, 0.25) is 0 Å². The van der Waals surface area contributed by atoms with Gasteiger partial charge in [0.05, 0.1) is 0 Å². The number of carbonyl (C=O) groups is 2. The lowest BCUT2D eigenvalue weighted by atomic mass is 10.1. The maximum atomic E-state index is 11.6. The average molecular weight is 287 g/mol. The summed E-state index contributed by atoms with van der Waals surface area (Å²) in [5, 5.41) is 11.7. The van der Waals surface area contributed by atoms with Gasteiger partial charge < -0.3 is 14.8 Å². The number of aromatic carboxylic acids is 1. The molecule has 0 bridgehead atoms.